The standard InChI is InChI=1S/C21H20N2O2/c24-12-5-7-19-17(10-12)18(11-22-19)15-4-2-1-3-14-16-9-13(25)6-8-20(16)23-21(14)15/h5-11,15,22-25H,1-4H2. The van der Waals surface area contributed by atoms with Gasteiger partial charge in [-0.05, 0) is 66.8 Å². The van der Waals surface area contributed by atoms with Gasteiger partial charge >= 0.3 is 0 Å². The summed E-state index contributed by atoms with van der Waals surface area (Å²) in [6.07, 6.45) is 6.50. The fourth-order valence-electron chi connectivity index (χ4n) is 4.35. The largest absolute Gasteiger partial charge is 0.508 e. The molecule has 0 radical (unpaired) electrons. The minimum absolute atomic E-state index is 0.266. The van der Waals surface area contributed by atoms with E-state index >= 15 is 0 Å². The number of phenolic OH excluding ortho intramolecular Hbond substituents is 2. The molecule has 0 fully saturated rings. The van der Waals surface area contributed by atoms with Crippen LogP contribution in [-0.2, 0) is 6.42 Å². The van der Waals surface area contributed by atoms with Crippen LogP contribution in [0.15, 0.2) is 42.6 Å². The van der Waals surface area contributed by atoms with E-state index in [1.807, 2.05) is 24.3 Å². The van der Waals surface area contributed by atoms with Gasteiger partial charge in [-0.2, -0.15) is 0 Å². The van der Waals surface area contributed by atoms with E-state index in [0.29, 0.717) is 11.5 Å². The maximum atomic E-state index is 9.92. The molecule has 0 saturated carbocycles. The summed E-state index contributed by atoms with van der Waals surface area (Å²) in [6.45, 7) is 0. The lowest BCUT2D eigenvalue weighted by Gasteiger charge is -2.15. The van der Waals surface area contributed by atoms with Crippen LogP contribution in [0.3, 0.4) is 0 Å². The summed E-state index contributed by atoms with van der Waals surface area (Å²) in [6, 6.07) is 11.0. The minimum atomic E-state index is 0.266. The van der Waals surface area contributed by atoms with Gasteiger partial charge in [0.25, 0.3) is 0 Å². The van der Waals surface area contributed by atoms with Crippen molar-refractivity contribution in [2.75, 3.05) is 0 Å². The Morgan fingerprint density at radius 1 is 0.880 bits per heavy atom. The van der Waals surface area contributed by atoms with Gasteiger partial charge < -0.3 is 20.2 Å². The van der Waals surface area contributed by atoms with Crippen molar-refractivity contribution in [2.45, 2.75) is 31.6 Å². The van der Waals surface area contributed by atoms with E-state index in [9.17, 15) is 10.2 Å². The molecule has 5 rings (SSSR count). The molecule has 4 nitrogen and oxygen atoms in total. The highest BCUT2D eigenvalue weighted by molar-refractivity contribution is 5.88. The molecule has 25 heavy (non-hydrogen) atoms. The Bertz CT molecular complexity index is 1090. The number of aromatic amines is 2. The van der Waals surface area contributed by atoms with Crippen molar-refractivity contribution in [1.29, 1.82) is 0 Å². The molecule has 0 aliphatic heterocycles. The van der Waals surface area contributed by atoms with E-state index in [4.69, 9.17) is 0 Å². The van der Waals surface area contributed by atoms with Gasteiger partial charge in [-0.25, -0.2) is 0 Å². The third kappa shape index (κ3) is 2.21. The topological polar surface area (TPSA) is 72.0 Å². The van der Waals surface area contributed by atoms with Crippen LogP contribution in [-0.4, -0.2) is 20.2 Å². The lowest BCUT2D eigenvalue weighted by atomic mass is 9.90. The van der Waals surface area contributed by atoms with E-state index in [1.165, 1.54) is 23.2 Å². The Morgan fingerprint density at radius 3 is 2.48 bits per heavy atom. The minimum Gasteiger partial charge on any atom is -0.508 e. The average Bonchev–Trinajstić information content (AvgIpc) is 3.10. The van der Waals surface area contributed by atoms with Gasteiger partial charge in [-0.1, -0.05) is 6.42 Å². The van der Waals surface area contributed by atoms with Gasteiger partial charge in [0, 0.05) is 39.6 Å². The van der Waals surface area contributed by atoms with E-state index in [1.54, 1.807) is 12.1 Å². The molecule has 1 unspecified atom stereocenters. The third-order valence-corrected chi connectivity index (χ3v) is 5.51. The number of H-pyrrole nitrogens is 2. The maximum absolute atomic E-state index is 9.92. The molecule has 0 amide bonds. The molecule has 2 aromatic carbocycles. The second-order valence-electron chi connectivity index (χ2n) is 7.02. The van der Waals surface area contributed by atoms with Crippen LogP contribution in [0.5, 0.6) is 11.5 Å². The highest BCUT2D eigenvalue weighted by atomic mass is 16.3. The molecule has 0 bridgehead atoms. The predicted octanol–water partition coefficient (Wildman–Crippen LogP) is 4.92. The number of aryl methyl sites for hydroxylation is 1. The Hall–Kier alpha value is -2.88. The summed E-state index contributed by atoms with van der Waals surface area (Å²) >= 11 is 0. The molecule has 4 aromatic rings. The first kappa shape index (κ1) is 14.5. The first-order valence-electron chi connectivity index (χ1n) is 8.84. The van der Waals surface area contributed by atoms with Crippen molar-refractivity contribution in [3.05, 3.63) is 59.4 Å². The molecule has 4 heteroatoms. The zero-order chi connectivity index (χ0) is 17.0. The molecule has 1 aliphatic rings. The lowest BCUT2D eigenvalue weighted by molar-refractivity contribution is 0.475. The van der Waals surface area contributed by atoms with E-state index < -0.39 is 0 Å². The van der Waals surface area contributed by atoms with Gasteiger partial charge in [-0.15, -0.1) is 0 Å². The highest BCUT2D eigenvalue weighted by Crippen LogP contribution is 2.41. The fraction of sp³-hybridized carbons (Fsp3) is 0.238. The Morgan fingerprint density at radius 2 is 1.64 bits per heavy atom. The van der Waals surface area contributed by atoms with Gasteiger partial charge in [0.15, 0.2) is 0 Å². The SMILES string of the molecule is Oc1ccc2[nH]cc(C3CCCCc4c3[nH]c3ccc(O)cc43)c2c1. The van der Waals surface area contributed by atoms with Crippen molar-refractivity contribution >= 4 is 21.8 Å². The van der Waals surface area contributed by atoms with Crippen molar-refractivity contribution in [3.8, 4) is 11.5 Å². The zero-order valence-electron chi connectivity index (χ0n) is 13.8. The number of benzene rings is 2. The van der Waals surface area contributed by atoms with Crippen LogP contribution in [0.2, 0.25) is 0 Å². The van der Waals surface area contributed by atoms with Crippen molar-refractivity contribution in [2.24, 2.45) is 0 Å². The molecule has 1 atom stereocenters. The number of aromatic nitrogens is 2. The number of fused-ring (bicyclic) bond motifs is 4. The number of rotatable bonds is 1. The summed E-state index contributed by atoms with van der Waals surface area (Å²) in [5.41, 5.74) is 5.93. The van der Waals surface area contributed by atoms with E-state index in [-0.39, 0.29) is 5.92 Å². The quantitative estimate of drug-likeness (QED) is 0.374. The second-order valence-corrected chi connectivity index (χ2v) is 7.02. The summed E-state index contributed by atoms with van der Waals surface area (Å²) in [5, 5.41) is 22.0. The van der Waals surface area contributed by atoms with Crippen molar-refractivity contribution in [1.82, 2.24) is 9.97 Å². The van der Waals surface area contributed by atoms with Crippen LogP contribution in [0.4, 0.5) is 0 Å². The molecule has 2 heterocycles. The van der Waals surface area contributed by atoms with Crippen LogP contribution < -0.4 is 0 Å². The van der Waals surface area contributed by atoms with Gasteiger partial charge in [-0.3, -0.25) is 0 Å². The average molecular weight is 332 g/mol. The number of hydrogen-bond donors (Lipinski definition) is 4. The number of hydrogen-bond acceptors (Lipinski definition) is 2. The monoisotopic (exact) mass is 332 g/mol. The fourth-order valence-corrected chi connectivity index (χ4v) is 4.35. The van der Waals surface area contributed by atoms with Crippen LogP contribution in [0, 0.1) is 0 Å². The summed E-state index contributed by atoms with van der Waals surface area (Å²) in [5.74, 6) is 0.874. The van der Waals surface area contributed by atoms with E-state index in [0.717, 1.165) is 41.1 Å². The summed E-state index contributed by atoms with van der Waals surface area (Å²) in [4.78, 5) is 6.96. The Labute approximate surface area is 145 Å². The lowest BCUT2D eigenvalue weighted by Crippen LogP contribution is -2.01. The Kier molecular flexibility index (Phi) is 3.07. The zero-order valence-corrected chi connectivity index (χ0v) is 13.8. The first-order chi connectivity index (χ1) is 12.2. The van der Waals surface area contributed by atoms with Crippen molar-refractivity contribution < 1.29 is 10.2 Å². The summed E-state index contributed by atoms with van der Waals surface area (Å²) in [7, 11) is 0. The van der Waals surface area contributed by atoms with Gasteiger partial charge in [0.1, 0.15) is 11.5 Å². The highest BCUT2D eigenvalue weighted by Gasteiger charge is 2.26. The molecular weight excluding hydrogens is 312 g/mol. The molecule has 4 N–H and O–H groups in total. The molecule has 1 aliphatic carbocycles. The van der Waals surface area contributed by atoms with Gasteiger partial charge in [0.05, 0.1) is 0 Å². The van der Waals surface area contributed by atoms with Crippen LogP contribution in [0.25, 0.3) is 21.8 Å². The number of aromatic hydroxyl groups is 2. The van der Waals surface area contributed by atoms with Crippen molar-refractivity contribution in [3.63, 3.8) is 0 Å². The molecule has 0 saturated heterocycles. The second kappa shape index (κ2) is 5.31. The maximum Gasteiger partial charge on any atom is 0.116 e. The number of phenols is 2. The predicted molar refractivity (Wildman–Crippen MR) is 99.3 cm³/mol. The van der Waals surface area contributed by atoms with E-state index in [2.05, 4.69) is 16.2 Å². The van der Waals surface area contributed by atoms with Crippen LogP contribution in [0.1, 0.15) is 42.0 Å². The molecule has 0 spiro atoms. The number of nitrogens with one attached hydrogen (secondary N) is 2. The molecule has 126 valence electrons. The normalized spacial score (nSPS) is 17.7. The third-order valence-electron chi connectivity index (χ3n) is 5.51. The molecular formula is C21H20N2O2. The first-order valence-corrected chi connectivity index (χ1v) is 8.84. The van der Waals surface area contributed by atoms with Crippen LogP contribution >= 0.6 is 0 Å². The molecule has 2 aromatic heterocycles. The van der Waals surface area contributed by atoms with Gasteiger partial charge in [0.2, 0.25) is 0 Å². The Balaban J connectivity index is 1.74. The summed E-state index contributed by atoms with van der Waals surface area (Å²) < 4.78 is 0. The smallest absolute Gasteiger partial charge is 0.116 e.